The highest BCUT2D eigenvalue weighted by atomic mass is 35.5. The van der Waals surface area contributed by atoms with Gasteiger partial charge in [-0.1, -0.05) is 0 Å². The Morgan fingerprint density at radius 3 is 2.91 bits per heavy atom. The second kappa shape index (κ2) is 3.74. The summed E-state index contributed by atoms with van der Waals surface area (Å²) in [6, 6.07) is 0. The van der Waals surface area contributed by atoms with Crippen molar-refractivity contribution in [2.75, 3.05) is 13.2 Å². The Morgan fingerprint density at radius 2 is 2.45 bits per heavy atom. The van der Waals surface area contributed by atoms with Crippen LogP contribution in [0.3, 0.4) is 0 Å². The molecule has 66 valence electrons. The Hall–Kier alpha value is 0.210. The van der Waals surface area contributed by atoms with Crippen LogP contribution in [-0.2, 0) is 4.74 Å². The monoisotopic (exact) mass is 178 g/mol. The summed E-state index contributed by atoms with van der Waals surface area (Å²) >= 11 is 5.93. The molecule has 0 aromatic carbocycles. The number of halogens is 1. The maximum Gasteiger partial charge on any atom is 0.104 e. The van der Waals surface area contributed by atoms with Gasteiger partial charge in [0.1, 0.15) is 5.60 Å². The maximum atomic E-state index is 9.83. The van der Waals surface area contributed by atoms with Crippen molar-refractivity contribution < 1.29 is 9.84 Å². The van der Waals surface area contributed by atoms with Crippen LogP contribution in [0.2, 0.25) is 0 Å². The molecule has 0 bridgehead atoms. The number of aliphatic hydroxyl groups is 1. The fourth-order valence-corrected chi connectivity index (χ4v) is 1.78. The predicted octanol–water partition coefficient (Wildman–Crippen LogP) is 1.55. The van der Waals surface area contributed by atoms with Crippen LogP contribution in [0.5, 0.6) is 0 Å². The van der Waals surface area contributed by atoms with Crippen LogP contribution in [-0.4, -0.2) is 29.3 Å². The molecule has 2 atom stereocenters. The molecule has 0 spiro atoms. The summed E-state index contributed by atoms with van der Waals surface area (Å²) < 4.78 is 5.16. The van der Waals surface area contributed by atoms with Crippen molar-refractivity contribution >= 4 is 11.6 Å². The maximum absolute atomic E-state index is 9.83. The van der Waals surface area contributed by atoms with Gasteiger partial charge in [0.15, 0.2) is 0 Å². The first-order valence-corrected chi connectivity index (χ1v) is 4.57. The molecule has 11 heavy (non-hydrogen) atoms. The summed E-state index contributed by atoms with van der Waals surface area (Å²) in [6.45, 7) is 2.95. The van der Waals surface area contributed by atoms with Gasteiger partial charge in [-0.05, 0) is 26.2 Å². The molecule has 3 heteroatoms. The summed E-state index contributed by atoms with van der Waals surface area (Å²) in [6.07, 6.45) is 2.70. The van der Waals surface area contributed by atoms with Crippen LogP contribution in [0.1, 0.15) is 26.2 Å². The van der Waals surface area contributed by atoms with Gasteiger partial charge in [0, 0.05) is 6.61 Å². The number of alkyl halides is 1. The van der Waals surface area contributed by atoms with Crippen LogP contribution in [0.4, 0.5) is 0 Å². The summed E-state index contributed by atoms with van der Waals surface area (Å²) in [5.41, 5.74) is -0.752. The van der Waals surface area contributed by atoms with Gasteiger partial charge in [-0.2, -0.15) is 0 Å². The first-order valence-electron chi connectivity index (χ1n) is 4.13. The zero-order chi connectivity index (χ0) is 8.32. The Kier molecular flexibility index (Phi) is 3.16. The number of ether oxygens (including phenoxy) is 1. The van der Waals surface area contributed by atoms with Crippen LogP contribution in [0.15, 0.2) is 0 Å². The van der Waals surface area contributed by atoms with E-state index in [1.807, 2.05) is 6.92 Å². The number of rotatable bonds is 3. The Balaban J connectivity index is 2.38. The minimum Gasteiger partial charge on any atom is -0.386 e. The summed E-state index contributed by atoms with van der Waals surface area (Å²) in [4.78, 5) is 0. The average Bonchev–Trinajstić information content (AvgIpc) is 2.30. The molecule has 2 unspecified atom stereocenters. The highest BCUT2D eigenvalue weighted by molar-refractivity contribution is 6.21. The predicted molar refractivity (Wildman–Crippen MR) is 44.9 cm³/mol. The quantitative estimate of drug-likeness (QED) is 0.665. The third-order valence-corrected chi connectivity index (χ3v) is 2.83. The van der Waals surface area contributed by atoms with Crippen molar-refractivity contribution in [1.29, 1.82) is 0 Å². The second-order valence-electron chi connectivity index (χ2n) is 3.10. The molecule has 1 N–H and O–H groups in total. The van der Waals surface area contributed by atoms with Gasteiger partial charge in [0.25, 0.3) is 0 Å². The van der Waals surface area contributed by atoms with Gasteiger partial charge >= 0.3 is 0 Å². The third-order valence-electron chi connectivity index (χ3n) is 2.21. The lowest BCUT2D eigenvalue weighted by Gasteiger charge is -2.25. The molecule has 0 aromatic heterocycles. The topological polar surface area (TPSA) is 29.5 Å². The Labute approximate surface area is 72.5 Å². The zero-order valence-electron chi connectivity index (χ0n) is 6.85. The molecule has 1 fully saturated rings. The van der Waals surface area contributed by atoms with Crippen molar-refractivity contribution in [3.05, 3.63) is 0 Å². The fourth-order valence-electron chi connectivity index (χ4n) is 1.45. The van der Waals surface area contributed by atoms with Gasteiger partial charge in [-0.3, -0.25) is 0 Å². The van der Waals surface area contributed by atoms with Crippen molar-refractivity contribution in [2.45, 2.75) is 37.2 Å². The van der Waals surface area contributed by atoms with Crippen molar-refractivity contribution in [2.24, 2.45) is 0 Å². The van der Waals surface area contributed by atoms with E-state index in [9.17, 15) is 5.11 Å². The van der Waals surface area contributed by atoms with Crippen LogP contribution >= 0.6 is 11.6 Å². The van der Waals surface area contributed by atoms with Gasteiger partial charge in [0.05, 0.1) is 12.0 Å². The van der Waals surface area contributed by atoms with E-state index in [0.717, 1.165) is 19.3 Å². The van der Waals surface area contributed by atoms with E-state index in [1.54, 1.807) is 0 Å². The van der Waals surface area contributed by atoms with Gasteiger partial charge < -0.3 is 9.84 Å². The summed E-state index contributed by atoms with van der Waals surface area (Å²) in [7, 11) is 0. The highest BCUT2D eigenvalue weighted by Crippen LogP contribution is 2.34. The van der Waals surface area contributed by atoms with E-state index < -0.39 is 5.60 Å². The minimum absolute atomic E-state index is 0.117. The molecule has 0 saturated heterocycles. The molecule has 1 saturated carbocycles. The molecule has 2 nitrogen and oxygen atoms in total. The fraction of sp³-hybridized carbons (Fsp3) is 1.00. The molecule has 1 aliphatic carbocycles. The molecule has 0 aliphatic heterocycles. The molecule has 0 radical (unpaired) electrons. The molecule has 0 aromatic rings. The van der Waals surface area contributed by atoms with E-state index in [-0.39, 0.29) is 5.38 Å². The molecule has 1 rings (SSSR count). The molecular formula is C8H15ClO2. The Bertz CT molecular complexity index is 129. The number of hydrogen-bond acceptors (Lipinski definition) is 2. The SMILES string of the molecule is CCOCC1(O)CCCC1Cl. The summed E-state index contributed by atoms with van der Waals surface area (Å²) in [5, 5.41) is 9.72. The Morgan fingerprint density at radius 1 is 1.73 bits per heavy atom. The van der Waals surface area contributed by atoms with Gasteiger partial charge in [-0.15, -0.1) is 11.6 Å². The molecule has 0 heterocycles. The van der Waals surface area contributed by atoms with Crippen LogP contribution in [0, 0.1) is 0 Å². The van der Waals surface area contributed by atoms with Crippen LogP contribution in [0.25, 0.3) is 0 Å². The lowest BCUT2D eigenvalue weighted by atomic mass is 10.0. The first-order chi connectivity index (χ1) is 5.19. The first kappa shape index (κ1) is 9.30. The van der Waals surface area contributed by atoms with Crippen molar-refractivity contribution in [3.63, 3.8) is 0 Å². The van der Waals surface area contributed by atoms with Crippen molar-refractivity contribution in [3.8, 4) is 0 Å². The normalized spacial score (nSPS) is 37.9. The smallest absolute Gasteiger partial charge is 0.104 e. The number of hydrogen-bond donors (Lipinski definition) is 1. The zero-order valence-corrected chi connectivity index (χ0v) is 7.60. The second-order valence-corrected chi connectivity index (χ2v) is 3.63. The highest BCUT2D eigenvalue weighted by Gasteiger charge is 2.39. The average molecular weight is 179 g/mol. The third kappa shape index (κ3) is 2.08. The van der Waals surface area contributed by atoms with Crippen molar-refractivity contribution in [1.82, 2.24) is 0 Å². The lowest BCUT2D eigenvalue weighted by Crippen LogP contribution is -2.39. The lowest BCUT2D eigenvalue weighted by molar-refractivity contribution is -0.0356. The molecule has 0 amide bonds. The standard InChI is InChI=1S/C8H15ClO2/c1-2-11-6-8(10)5-3-4-7(8)9/h7,10H,2-6H2,1H3. The molecular weight excluding hydrogens is 164 g/mol. The van der Waals surface area contributed by atoms with E-state index in [0.29, 0.717) is 13.2 Å². The summed E-state index contributed by atoms with van der Waals surface area (Å²) in [5.74, 6) is 0. The van der Waals surface area contributed by atoms with E-state index >= 15 is 0 Å². The minimum atomic E-state index is -0.752. The largest absolute Gasteiger partial charge is 0.386 e. The van der Waals surface area contributed by atoms with E-state index in [4.69, 9.17) is 16.3 Å². The van der Waals surface area contributed by atoms with E-state index in [2.05, 4.69) is 0 Å². The van der Waals surface area contributed by atoms with E-state index in [1.165, 1.54) is 0 Å². The molecule has 1 aliphatic rings. The van der Waals surface area contributed by atoms with Gasteiger partial charge in [-0.25, -0.2) is 0 Å². The van der Waals surface area contributed by atoms with Gasteiger partial charge in [0.2, 0.25) is 0 Å². The van der Waals surface area contributed by atoms with Crippen LogP contribution < -0.4 is 0 Å².